The Morgan fingerprint density at radius 2 is 1.94 bits per heavy atom. The number of hydrogen-bond acceptors (Lipinski definition) is 8. The van der Waals surface area contributed by atoms with Crippen molar-refractivity contribution in [3.05, 3.63) is 30.6 Å². The summed E-state index contributed by atoms with van der Waals surface area (Å²) in [6.07, 6.45) is 9.90. The second kappa shape index (κ2) is 9.38. The quantitative estimate of drug-likeness (QED) is 0.498. The van der Waals surface area contributed by atoms with Crippen LogP contribution in [-0.2, 0) is 4.79 Å². The van der Waals surface area contributed by atoms with Crippen LogP contribution in [0.5, 0.6) is 5.88 Å². The number of amides is 2. The molecule has 11 nitrogen and oxygen atoms in total. The van der Waals surface area contributed by atoms with Crippen molar-refractivity contribution in [1.29, 1.82) is 0 Å². The fraction of sp³-hybridized carbons (Fsp3) is 0.480. The van der Waals surface area contributed by atoms with Crippen molar-refractivity contribution in [2.24, 2.45) is 0 Å². The first-order valence-corrected chi connectivity index (χ1v) is 12.6. The summed E-state index contributed by atoms with van der Waals surface area (Å²) in [6, 6.07) is 6.40. The summed E-state index contributed by atoms with van der Waals surface area (Å²) in [5.74, 6) is 1.59. The van der Waals surface area contributed by atoms with Crippen LogP contribution in [0, 0.1) is 0 Å². The fourth-order valence-electron chi connectivity index (χ4n) is 5.62. The van der Waals surface area contributed by atoms with Gasteiger partial charge in [0.25, 0.3) is 0 Å². The summed E-state index contributed by atoms with van der Waals surface area (Å²) in [5, 5.41) is 10.0. The van der Waals surface area contributed by atoms with Crippen LogP contribution in [0.4, 0.5) is 22.2 Å². The maximum Gasteiger partial charge on any atom is 0.413 e. The number of rotatable bonds is 5. The van der Waals surface area contributed by atoms with Crippen molar-refractivity contribution >= 4 is 40.5 Å². The van der Waals surface area contributed by atoms with Crippen LogP contribution in [0.2, 0.25) is 0 Å². The zero-order valence-corrected chi connectivity index (χ0v) is 20.2. The average molecular weight is 491 g/mol. The van der Waals surface area contributed by atoms with Crippen LogP contribution in [0.3, 0.4) is 0 Å². The van der Waals surface area contributed by atoms with E-state index < -0.39 is 6.09 Å². The molecule has 188 valence electrons. The van der Waals surface area contributed by atoms with Gasteiger partial charge in [0.1, 0.15) is 11.5 Å². The van der Waals surface area contributed by atoms with Crippen LogP contribution in [0.25, 0.3) is 11.0 Å². The van der Waals surface area contributed by atoms with Gasteiger partial charge in [-0.15, -0.1) is 0 Å². The van der Waals surface area contributed by atoms with Gasteiger partial charge in [0.05, 0.1) is 11.9 Å². The molecule has 3 aromatic heterocycles. The Morgan fingerprint density at radius 3 is 2.72 bits per heavy atom. The summed E-state index contributed by atoms with van der Waals surface area (Å²) in [4.78, 5) is 40.2. The van der Waals surface area contributed by atoms with Crippen molar-refractivity contribution in [3.8, 4) is 5.88 Å². The number of carbonyl (C=O) groups excluding carboxylic acids is 2. The molecule has 36 heavy (non-hydrogen) atoms. The van der Waals surface area contributed by atoms with Gasteiger partial charge >= 0.3 is 6.09 Å². The molecule has 3 fully saturated rings. The molecule has 1 saturated carbocycles. The molecule has 3 aromatic rings. The molecule has 6 rings (SSSR count). The van der Waals surface area contributed by atoms with Gasteiger partial charge in [0.2, 0.25) is 17.7 Å². The summed E-state index contributed by atoms with van der Waals surface area (Å²) < 4.78 is 7.54. The zero-order chi connectivity index (χ0) is 24.6. The number of ether oxygens (including phenoxy) is 1. The highest BCUT2D eigenvalue weighted by Gasteiger charge is 2.34. The Bertz CT molecular complexity index is 1280. The van der Waals surface area contributed by atoms with E-state index >= 15 is 0 Å². The lowest BCUT2D eigenvalue weighted by atomic mass is 10.1. The molecule has 2 amide bonds. The minimum absolute atomic E-state index is 0.133. The van der Waals surface area contributed by atoms with E-state index in [9.17, 15) is 9.59 Å². The molecular formula is C25H30N8O3. The van der Waals surface area contributed by atoms with Crippen molar-refractivity contribution in [2.45, 2.75) is 63.1 Å². The second-order valence-electron chi connectivity index (χ2n) is 9.78. The summed E-state index contributed by atoms with van der Waals surface area (Å²) in [5.41, 5.74) is 1.51. The number of aromatic nitrogens is 4. The van der Waals surface area contributed by atoms with Gasteiger partial charge in [0, 0.05) is 55.8 Å². The van der Waals surface area contributed by atoms with Crippen LogP contribution < -0.4 is 25.6 Å². The lowest BCUT2D eigenvalue weighted by Crippen LogP contribution is -2.37. The number of carbonyl (C=O) groups is 2. The number of nitrogens with zero attached hydrogens (tertiary/aromatic N) is 5. The van der Waals surface area contributed by atoms with Gasteiger partial charge in [0.15, 0.2) is 0 Å². The minimum atomic E-state index is -0.515. The van der Waals surface area contributed by atoms with E-state index in [-0.39, 0.29) is 11.9 Å². The van der Waals surface area contributed by atoms with Gasteiger partial charge in [-0.05, 0) is 37.8 Å². The van der Waals surface area contributed by atoms with E-state index in [1.165, 1.54) is 7.05 Å². The van der Waals surface area contributed by atoms with Crippen molar-refractivity contribution in [2.75, 3.05) is 23.8 Å². The molecule has 3 aliphatic rings. The maximum atomic E-state index is 12.7. The second-order valence-corrected chi connectivity index (χ2v) is 9.78. The number of nitrogens with one attached hydrogen (secondary N) is 3. The lowest BCUT2D eigenvalue weighted by molar-refractivity contribution is -0.118. The normalized spacial score (nSPS) is 22.1. The third-order valence-electron chi connectivity index (χ3n) is 7.39. The van der Waals surface area contributed by atoms with Gasteiger partial charge < -0.3 is 25.6 Å². The van der Waals surface area contributed by atoms with E-state index in [1.54, 1.807) is 18.5 Å². The van der Waals surface area contributed by atoms with Gasteiger partial charge in [-0.2, -0.15) is 4.98 Å². The fourth-order valence-corrected chi connectivity index (χ4v) is 5.62. The Labute approximate surface area is 208 Å². The molecule has 0 spiro atoms. The van der Waals surface area contributed by atoms with Gasteiger partial charge in [-0.3, -0.25) is 9.36 Å². The van der Waals surface area contributed by atoms with E-state index in [1.807, 2.05) is 21.6 Å². The van der Waals surface area contributed by atoms with Gasteiger partial charge in [-0.1, -0.05) is 12.8 Å². The molecule has 11 heteroatoms. The molecule has 2 aliphatic heterocycles. The van der Waals surface area contributed by atoms with E-state index in [2.05, 4.69) is 25.9 Å². The minimum Gasteiger partial charge on any atom is -0.393 e. The topological polar surface area (TPSA) is 126 Å². The molecular weight excluding hydrogens is 460 g/mol. The van der Waals surface area contributed by atoms with Crippen LogP contribution in [-0.4, -0.2) is 57.2 Å². The van der Waals surface area contributed by atoms with Gasteiger partial charge in [-0.25, -0.2) is 14.8 Å². The molecule has 2 atom stereocenters. The summed E-state index contributed by atoms with van der Waals surface area (Å²) >= 11 is 0. The van der Waals surface area contributed by atoms with Crippen LogP contribution in [0.1, 0.15) is 51.0 Å². The number of fused-ring (bicyclic) bond motifs is 3. The number of hydrogen-bond donors (Lipinski definition) is 3. The first kappa shape index (κ1) is 22.7. The molecule has 1 aliphatic carbocycles. The molecule has 5 heterocycles. The monoisotopic (exact) mass is 490 g/mol. The number of pyridine rings is 1. The first-order valence-electron chi connectivity index (χ1n) is 12.6. The predicted molar refractivity (Wildman–Crippen MR) is 135 cm³/mol. The largest absolute Gasteiger partial charge is 0.413 e. The van der Waals surface area contributed by atoms with Crippen molar-refractivity contribution in [1.82, 2.24) is 30.2 Å². The molecule has 0 unspecified atom stereocenters. The summed E-state index contributed by atoms with van der Waals surface area (Å²) in [6.45, 7) is 0.669. The highest BCUT2D eigenvalue weighted by Crippen LogP contribution is 2.37. The lowest BCUT2D eigenvalue weighted by Gasteiger charge is -2.24. The third kappa shape index (κ3) is 4.34. The van der Waals surface area contributed by atoms with E-state index in [0.29, 0.717) is 48.3 Å². The SMILES string of the molecule is CNC(=O)Oc1cc2cnc(Nc3ccc(N4C[C@H]5CC[C@@H](CC4=O)N5)cn3)nc2n1C1CCCC1. The standard InChI is InChI=1S/C25H30N8O3/c1-26-25(35)36-22-10-15-12-28-24(31-23(15)33(22)18-4-2-3-5-18)30-20-9-8-19(13-27-20)32-14-17-7-6-16(29-17)11-21(32)34/h8-10,12-13,16-18,29H,2-7,11,14H2,1H3,(H,26,35)(H,27,28,30,31)/t16-,17+/m0/s1. The van der Waals surface area contributed by atoms with Crippen LogP contribution >= 0.6 is 0 Å². The Kier molecular flexibility index (Phi) is 5.92. The molecule has 3 N–H and O–H groups in total. The molecule has 0 aromatic carbocycles. The first-order chi connectivity index (χ1) is 17.6. The maximum absolute atomic E-state index is 12.7. The highest BCUT2D eigenvalue weighted by atomic mass is 16.6. The predicted octanol–water partition coefficient (Wildman–Crippen LogP) is 3.26. The van der Waals surface area contributed by atoms with Crippen molar-refractivity contribution < 1.29 is 14.3 Å². The summed E-state index contributed by atoms with van der Waals surface area (Å²) in [7, 11) is 1.54. The zero-order valence-electron chi connectivity index (χ0n) is 20.2. The highest BCUT2D eigenvalue weighted by molar-refractivity contribution is 5.94. The Morgan fingerprint density at radius 1 is 1.11 bits per heavy atom. The third-order valence-corrected chi connectivity index (χ3v) is 7.39. The van der Waals surface area contributed by atoms with E-state index in [0.717, 1.165) is 49.6 Å². The Hall–Kier alpha value is -3.73. The molecule has 0 radical (unpaired) electrons. The molecule has 2 bridgehead atoms. The number of anilines is 3. The average Bonchev–Trinajstić information content (AvgIpc) is 3.60. The smallest absolute Gasteiger partial charge is 0.393 e. The van der Waals surface area contributed by atoms with Crippen molar-refractivity contribution in [3.63, 3.8) is 0 Å². The van der Waals surface area contributed by atoms with Crippen LogP contribution in [0.15, 0.2) is 30.6 Å². The molecule has 2 saturated heterocycles. The van der Waals surface area contributed by atoms with E-state index in [4.69, 9.17) is 9.72 Å². The Balaban J connectivity index is 1.24.